The number of Topliss-reactive ketones (excluding diaryl/α,β-unsaturated/α-hetero) is 1. The Kier molecular flexibility index (Phi) is 4.58. The van der Waals surface area contributed by atoms with Crippen LogP contribution in [0.5, 0.6) is 0 Å². The molecule has 0 amide bonds. The Morgan fingerprint density at radius 3 is 2.60 bits per heavy atom. The van der Waals surface area contributed by atoms with Gasteiger partial charge in [0.25, 0.3) is 0 Å². The first-order chi connectivity index (χ1) is 9.61. The average molecular weight is 274 g/mol. The van der Waals surface area contributed by atoms with Crippen molar-refractivity contribution in [3.63, 3.8) is 0 Å². The van der Waals surface area contributed by atoms with Crippen LogP contribution in [0.4, 0.5) is 0 Å². The van der Waals surface area contributed by atoms with Gasteiger partial charge in [-0.25, -0.2) is 0 Å². The first kappa shape index (κ1) is 14.8. The lowest BCUT2D eigenvalue weighted by molar-refractivity contribution is -0.149. The molecule has 3 nitrogen and oxygen atoms in total. The molecule has 1 aliphatic carbocycles. The van der Waals surface area contributed by atoms with Crippen LogP contribution >= 0.6 is 0 Å². The van der Waals surface area contributed by atoms with Crippen LogP contribution in [0.1, 0.15) is 50.5 Å². The zero-order valence-corrected chi connectivity index (χ0v) is 12.2. The molecular formula is C17H22O3. The maximum absolute atomic E-state index is 12.6. The summed E-state index contributed by atoms with van der Waals surface area (Å²) >= 11 is 0. The smallest absolute Gasteiger partial charge is 0.306 e. The Balaban J connectivity index is 2.11. The standard InChI is InChI=1S/C17H22O3/c1-3-17(12-16(19)20-2)10-9-14(11-15(17)18)13-7-5-4-6-8-13/h4-8,14H,3,9-12H2,1-2H3. The van der Waals surface area contributed by atoms with E-state index in [4.69, 9.17) is 4.74 Å². The second-order valence-corrected chi connectivity index (χ2v) is 5.66. The Labute approximate surface area is 120 Å². The van der Waals surface area contributed by atoms with Gasteiger partial charge in [0.2, 0.25) is 0 Å². The van der Waals surface area contributed by atoms with Gasteiger partial charge in [-0.1, -0.05) is 37.3 Å². The molecule has 0 heterocycles. The molecule has 1 saturated carbocycles. The molecule has 0 bridgehead atoms. The normalized spacial score (nSPS) is 26.3. The van der Waals surface area contributed by atoms with Crippen molar-refractivity contribution in [3.8, 4) is 0 Å². The van der Waals surface area contributed by atoms with E-state index in [1.807, 2.05) is 25.1 Å². The summed E-state index contributed by atoms with van der Waals surface area (Å²) in [7, 11) is 1.38. The van der Waals surface area contributed by atoms with Crippen molar-refractivity contribution >= 4 is 11.8 Å². The molecule has 2 unspecified atom stereocenters. The fraction of sp³-hybridized carbons (Fsp3) is 0.529. The molecule has 0 saturated heterocycles. The zero-order chi connectivity index (χ0) is 14.6. The fourth-order valence-corrected chi connectivity index (χ4v) is 3.18. The number of ketones is 1. The highest BCUT2D eigenvalue weighted by atomic mass is 16.5. The molecule has 108 valence electrons. The highest BCUT2D eigenvalue weighted by Gasteiger charge is 2.43. The van der Waals surface area contributed by atoms with Crippen LogP contribution in [0, 0.1) is 5.41 Å². The van der Waals surface area contributed by atoms with Crippen LogP contribution < -0.4 is 0 Å². The quantitative estimate of drug-likeness (QED) is 0.789. The molecule has 0 aliphatic heterocycles. The Bertz CT molecular complexity index is 480. The van der Waals surface area contributed by atoms with E-state index in [0.29, 0.717) is 18.8 Å². The highest BCUT2D eigenvalue weighted by molar-refractivity contribution is 5.90. The predicted molar refractivity (Wildman–Crippen MR) is 77.4 cm³/mol. The van der Waals surface area contributed by atoms with Gasteiger partial charge in [-0.3, -0.25) is 9.59 Å². The van der Waals surface area contributed by atoms with E-state index < -0.39 is 5.41 Å². The van der Waals surface area contributed by atoms with Gasteiger partial charge in [-0.2, -0.15) is 0 Å². The number of methoxy groups -OCH3 is 1. The number of carbonyl (C=O) groups is 2. The lowest BCUT2D eigenvalue weighted by Crippen LogP contribution is -2.38. The molecule has 20 heavy (non-hydrogen) atoms. The molecule has 0 aromatic heterocycles. The van der Waals surface area contributed by atoms with E-state index in [0.717, 1.165) is 12.8 Å². The minimum atomic E-state index is -0.502. The molecule has 2 atom stereocenters. The third-order valence-corrected chi connectivity index (χ3v) is 4.65. The summed E-state index contributed by atoms with van der Waals surface area (Å²) in [6.45, 7) is 1.99. The molecule has 1 aliphatic rings. The van der Waals surface area contributed by atoms with E-state index in [9.17, 15) is 9.59 Å². The fourth-order valence-electron chi connectivity index (χ4n) is 3.18. The second kappa shape index (κ2) is 6.21. The maximum atomic E-state index is 12.6. The number of esters is 1. The summed E-state index contributed by atoms with van der Waals surface area (Å²) in [6, 6.07) is 10.2. The topological polar surface area (TPSA) is 43.4 Å². The lowest BCUT2D eigenvalue weighted by Gasteiger charge is -2.37. The number of hydrogen-bond donors (Lipinski definition) is 0. The molecule has 1 aromatic rings. The van der Waals surface area contributed by atoms with Crippen LogP contribution in [0.25, 0.3) is 0 Å². The van der Waals surface area contributed by atoms with Crippen LogP contribution in [0.15, 0.2) is 30.3 Å². The number of benzene rings is 1. The van der Waals surface area contributed by atoms with Crippen LogP contribution in [0.2, 0.25) is 0 Å². The Morgan fingerprint density at radius 2 is 2.05 bits per heavy atom. The summed E-state index contributed by atoms with van der Waals surface area (Å²) in [5.74, 6) is 0.227. The van der Waals surface area contributed by atoms with Gasteiger partial charge < -0.3 is 4.74 Å². The van der Waals surface area contributed by atoms with Crippen LogP contribution in [-0.2, 0) is 14.3 Å². The summed E-state index contributed by atoms with van der Waals surface area (Å²) in [6.07, 6.45) is 3.20. The number of hydrogen-bond acceptors (Lipinski definition) is 3. The predicted octanol–water partition coefficient (Wildman–Crippen LogP) is 3.48. The summed E-state index contributed by atoms with van der Waals surface area (Å²) in [5.41, 5.74) is 0.724. The van der Waals surface area contributed by atoms with Crippen LogP contribution in [-0.4, -0.2) is 18.9 Å². The summed E-state index contributed by atoms with van der Waals surface area (Å²) in [5, 5.41) is 0. The largest absolute Gasteiger partial charge is 0.469 e. The molecular weight excluding hydrogens is 252 g/mol. The van der Waals surface area contributed by atoms with Crippen molar-refractivity contribution < 1.29 is 14.3 Å². The Morgan fingerprint density at radius 1 is 1.35 bits per heavy atom. The van der Waals surface area contributed by atoms with E-state index in [-0.39, 0.29) is 18.2 Å². The van der Waals surface area contributed by atoms with E-state index in [1.165, 1.54) is 12.7 Å². The zero-order valence-electron chi connectivity index (χ0n) is 12.2. The second-order valence-electron chi connectivity index (χ2n) is 5.66. The molecule has 0 radical (unpaired) electrons. The number of ether oxygens (including phenoxy) is 1. The third kappa shape index (κ3) is 2.92. The van der Waals surface area contributed by atoms with Gasteiger partial charge in [0, 0.05) is 11.8 Å². The lowest BCUT2D eigenvalue weighted by atomic mass is 9.65. The third-order valence-electron chi connectivity index (χ3n) is 4.65. The molecule has 3 heteroatoms. The average Bonchev–Trinajstić information content (AvgIpc) is 2.50. The summed E-state index contributed by atoms with van der Waals surface area (Å²) < 4.78 is 4.75. The molecule has 2 rings (SSSR count). The number of carbonyl (C=O) groups excluding carboxylic acids is 2. The van der Waals surface area contributed by atoms with E-state index in [1.54, 1.807) is 0 Å². The summed E-state index contributed by atoms with van der Waals surface area (Å²) in [4.78, 5) is 24.1. The van der Waals surface area contributed by atoms with Gasteiger partial charge in [-0.15, -0.1) is 0 Å². The maximum Gasteiger partial charge on any atom is 0.306 e. The van der Waals surface area contributed by atoms with Gasteiger partial charge in [0.05, 0.1) is 13.5 Å². The molecule has 0 N–H and O–H groups in total. The minimum absolute atomic E-state index is 0.213. The van der Waals surface area contributed by atoms with Crippen molar-refractivity contribution in [2.45, 2.75) is 44.9 Å². The molecule has 1 fully saturated rings. The van der Waals surface area contributed by atoms with Crippen molar-refractivity contribution in [2.75, 3.05) is 7.11 Å². The molecule has 0 spiro atoms. The highest BCUT2D eigenvalue weighted by Crippen LogP contribution is 2.44. The van der Waals surface area contributed by atoms with Crippen molar-refractivity contribution in [1.29, 1.82) is 0 Å². The van der Waals surface area contributed by atoms with Gasteiger partial charge in [0.15, 0.2) is 0 Å². The van der Waals surface area contributed by atoms with Crippen molar-refractivity contribution in [1.82, 2.24) is 0 Å². The van der Waals surface area contributed by atoms with Gasteiger partial charge >= 0.3 is 5.97 Å². The first-order valence-electron chi connectivity index (χ1n) is 7.26. The monoisotopic (exact) mass is 274 g/mol. The SMILES string of the molecule is CCC1(CC(=O)OC)CCC(c2ccccc2)CC1=O. The van der Waals surface area contributed by atoms with Crippen molar-refractivity contribution in [3.05, 3.63) is 35.9 Å². The van der Waals surface area contributed by atoms with Crippen molar-refractivity contribution in [2.24, 2.45) is 5.41 Å². The van der Waals surface area contributed by atoms with Crippen LogP contribution in [0.3, 0.4) is 0 Å². The van der Waals surface area contributed by atoms with E-state index in [2.05, 4.69) is 12.1 Å². The minimum Gasteiger partial charge on any atom is -0.469 e. The first-order valence-corrected chi connectivity index (χ1v) is 7.26. The number of rotatable bonds is 4. The van der Waals surface area contributed by atoms with E-state index >= 15 is 0 Å². The van der Waals surface area contributed by atoms with Gasteiger partial charge in [0.1, 0.15) is 5.78 Å². The van der Waals surface area contributed by atoms with Gasteiger partial charge in [-0.05, 0) is 30.7 Å². The molecule has 1 aromatic carbocycles. The Hall–Kier alpha value is -1.64.